The summed E-state index contributed by atoms with van der Waals surface area (Å²) in [4.78, 5) is 0. The number of aryl methyl sites for hydroxylation is 3. The van der Waals surface area contributed by atoms with Crippen LogP contribution in [-0.4, -0.2) is 0 Å². The van der Waals surface area contributed by atoms with E-state index in [1.54, 1.807) is 11.1 Å². The van der Waals surface area contributed by atoms with Crippen molar-refractivity contribution in [2.75, 3.05) is 0 Å². The molecule has 0 heterocycles. The van der Waals surface area contributed by atoms with Gasteiger partial charge in [0, 0.05) is 0 Å². The number of nitriles is 1. The standard InChI is InChI=1S/C28H40.C22H36.C18H19N/c1-3-5-7-9-23-11-15-25(16-12-23)27-19-21-28(22-20-27)26-17-13-24(14-18-26)10-8-6-4-2;1-3-5-7-9-19-11-15-21(16-12-19)22-17-13-20(14-18-22)10-8-6-4-2;1-2-3-4-5-15-6-10-17(11-7-15)18-12-8-16(14-19)9-13-18/h11-12,15-16,19-22,24,26H,3-10,13-14,17-18H2,1-2H3;11-12,15-16,20,22H,3-10,13-14,17-18H2,1-2H3;6-13H,2-5H2,1H3. The quantitative estimate of drug-likeness (QED) is 0.0566. The molecular formula is C68H95N. The van der Waals surface area contributed by atoms with E-state index in [9.17, 15) is 0 Å². The predicted octanol–water partition coefficient (Wildman–Crippen LogP) is 21.2. The van der Waals surface area contributed by atoms with Crippen molar-refractivity contribution in [1.29, 1.82) is 5.26 Å². The van der Waals surface area contributed by atoms with Gasteiger partial charge in [-0.25, -0.2) is 0 Å². The van der Waals surface area contributed by atoms with Crippen LogP contribution in [0.15, 0.2) is 121 Å². The summed E-state index contributed by atoms with van der Waals surface area (Å²) in [5, 5.41) is 8.79. The van der Waals surface area contributed by atoms with Gasteiger partial charge in [0.1, 0.15) is 0 Å². The van der Waals surface area contributed by atoms with Crippen molar-refractivity contribution in [1.82, 2.24) is 0 Å². The highest BCUT2D eigenvalue weighted by Crippen LogP contribution is 2.39. The van der Waals surface area contributed by atoms with Crippen LogP contribution in [-0.2, 0) is 19.3 Å². The predicted molar refractivity (Wildman–Crippen MR) is 302 cm³/mol. The zero-order valence-electron chi connectivity index (χ0n) is 44.6. The summed E-state index contributed by atoms with van der Waals surface area (Å²) in [6, 6.07) is 47.0. The van der Waals surface area contributed by atoms with Gasteiger partial charge in [0.15, 0.2) is 0 Å². The van der Waals surface area contributed by atoms with Gasteiger partial charge in [-0.3, -0.25) is 0 Å². The molecule has 0 bridgehead atoms. The number of nitrogens with zero attached hydrogens (tertiary/aromatic N) is 1. The highest BCUT2D eigenvalue weighted by atomic mass is 14.3. The fraction of sp³-hybridized carbons (Fsp3) is 0.544. The minimum atomic E-state index is 0.708. The molecule has 0 amide bonds. The lowest BCUT2D eigenvalue weighted by Crippen LogP contribution is -2.13. The van der Waals surface area contributed by atoms with Crippen LogP contribution in [0.2, 0.25) is 0 Å². The molecule has 0 saturated heterocycles. The Balaban J connectivity index is 0.000000197. The first kappa shape index (κ1) is 55.5. The first-order valence-corrected chi connectivity index (χ1v) is 28.8. The largest absolute Gasteiger partial charge is 0.192 e. The maximum Gasteiger partial charge on any atom is 0.0991 e. The molecule has 0 aliphatic heterocycles. The van der Waals surface area contributed by atoms with E-state index in [-0.39, 0.29) is 0 Å². The summed E-state index contributed by atoms with van der Waals surface area (Å²) < 4.78 is 0. The van der Waals surface area contributed by atoms with Crippen LogP contribution in [0.1, 0.15) is 240 Å². The van der Waals surface area contributed by atoms with Crippen LogP contribution in [0.4, 0.5) is 0 Å². The Kier molecular flexibility index (Phi) is 26.7. The van der Waals surface area contributed by atoms with Crippen LogP contribution in [0, 0.1) is 23.2 Å². The molecule has 1 heteroatoms. The van der Waals surface area contributed by atoms with Gasteiger partial charge in [-0.05, 0) is 176 Å². The van der Waals surface area contributed by atoms with Gasteiger partial charge in [-0.2, -0.15) is 5.26 Å². The summed E-state index contributed by atoms with van der Waals surface area (Å²) in [6.07, 6.45) is 38.3. The maximum atomic E-state index is 8.79. The Hall–Kier alpha value is -4.41. The van der Waals surface area contributed by atoms with E-state index in [1.165, 1.54) is 219 Å². The number of unbranched alkanes of at least 4 members (excludes halogenated alkanes) is 10. The van der Waals surface area contributed by atoms with Gasteiger partial charge in [0.05, 0.1) is 11.6 Å². The van der Waals surface area contributed by atoms with E-state index in [0.29, 0.717) is 5.56 Å². The molecule has 0 N–H and O–H groups in total. The zero-order chi connectivity index (χ0) is 48.7. The van der Waals surface area contributed by atoms with Crippen LogP contribution < -0.4 is 0 Å². The summed E-state index contributed by atoms with van der Waals surface area (Å²) in [5.74, 6) is 3.65. The molecule has 0 radical (unpaired) electrons. The number of rotatable bonds is 24. The first-order valence-electron chi connectivity index (χ1n) is 28.8. The molecule has 0 unspecified atom stereocenters. The number of hydrogen-bond donors (Lipinski definition) is 0. The van der Waals surface area contributed by atoms with E-state index < -0.39 is 0 Å². The third-order valence-electron chi connectivity index (χ3n) is 15.8. The van der Waals surface area contributed by atoms with Crippen molar-refractivity contribution in [3.63, 3.8) is 0 Å². The van der Waals surface area contributed by atoms with Gasteiger partial charge in [-0.15, -0.1) is 0 Å². The highest BCUT2D eigenvalue weighted by molar-refractivity contribution is 5.65. The highest BCUT2D eigenvalue weighted by Gasteiger charge is 2.23. The minimum Gasteiger partial charge on any atom is -0.192 e. The molecule has 1 nitrogen and oxygen atoms in total. The molecule has 5 aromatic rings. The minimum absolute atomic E-state index is 0.708. The van der Waals surface area contributed by atoms with E-state index in [1.807, 2.05) is 24.3 Å². The second-order valence-corrected chi connectivity index (χ2v) is 21.2. The normalized spacial score (nSPS) is 17.7. The molecular weight excluding hydrogens is 831 g/mol. The Labute approximate surface area is 424 Å². The van der Waals surface area contributed by atoms with Gasteiger partial charge in [0.25, 0.3) is 0 Å². The first-order chi connectivity index (χ1) is 34.0. The van der Waals surface area contributed by atoms with Crippen molar-refractivity contribution in [2.45, 2.75) is 226 Å². The summed E-state index contributed by atoms with van der Waals surface area (Å²) in [7, 11) is 0. The molecule has 372 valence electrons. The molecule has 2 aliphatic carbocycles. The van der Waals surface area contributed by atoms with Crippen molar-refractivity contribution < 1.29 is 0 Å². The maximum absolute atomic E-state index is 8.79. The van der Waals surface area contributed by atoms with Gasteiger partial charge < -0.3 is 0 Å². The van der Waals surface area contributed by atoms with E-state index >= 15 is 0 Å². The Morgan fingerprint density at radius 1 is 0.333 bits per heavy atom. The molecule has 5 aromatic carbocycles. The molecule has 2 saturated carbocycles. The third-order valence-corrected chi connectivity index (χ3v) is 15.8. The van der Waals surface area contributed by atoms with Crippen LogP contribution >= 0.6 is 0 Å². The monoisotopic (exact) mass is 926 g/mol. The zero-order valence-corrected chi connectivity index (χ0v) is 44.6. The topological polar surface area (TPSA) is 23.8 Å². The molecule has 0 atom stereocenters. The molecule has 69 heavy (non-hydrogen) atoms. The second kappa shape index (κ2) is 33.2. The Morgan fingerprint density at radius 3 is 0.928 bits per heavy atom. The van der Waals surface area contributed by atoms with E-state index in [4.69, 9.17) is 5.26 Å². The molecule has 0 spiro atoms. The van der Waals surface area contributed by atoms with Gasteiger partial charge >= 0.3 is 0 Å². The summed E-state index contributed by atoms with van der Waals surface area (Å²) >= 11 is 0. The van der Waals surface area contributed by atoms with Crippen molar-refractivity contribution >= 4 is 0 Å². The number of benzene rings is 5. The molecule has 2 aliphatic rings. The summed E-state index contributed by atoms with van der Waals surface area (Å²) in [5.41, 5.74) is 13.4. The smallest absolute Gasteiger partial charge is 0.0991 e. The lowest BCUT2D eigenvalue weighted by Gasteiger charge is -2.29. The average molecular weight is 927 g/mol. The molecule has 0 aromatic heterocycles. The Morgan fingerprint density at radius 2 is 0.609 bits per heavy atom. The van der Waals surface area contributed by atoms with Crippen LogP contribution in [0.3, 0.4) is 0 Å². The molecule has 7 rings (SSSR count). The third kappa shape index (κ3) is 20.5. The van der Waals surface area contributed by atoms with Gasteiger partial charge in [-0.1, -0.05) is 234 Å². The fourth-order valence-corrected chi connectivity index (χ4v) is 11.0. The van der Waals surface area contributed by atoms with E-state index in [2.05, 4.69) is 138 Å². The lowest BCUT2D eigenvalue weighted by atomic mass is 9.77. The summed E-state index contributed by atoms with van der Waals surface area (Å²) in [6.45, 7) is 11.4. The van der Waals surface area contributed by atoms with Crippen LogP contribution in [0.5, 0.6) is 0 Å². The lowest BCUT2D eigenvalue weighted by molar-refractivity contribution is 0.303. The fourth-order valence-electron chi connectivity index (χ4n) is 11.0. The van der Waals surface area contributed by atoms with E-state index in [0.717, 1.165) is 23.7 Å². The average Bonchev–Trinajstić information content (AvgIpc) is 3.41. The Bertz CT molecular complexity index is 2070. The SMILES string of the molecule is CCCCCc1ccc(-c2ccc(C#N)cc2)cc1.CCCCCc1ccc(-c2ccc(C3CCC(CCCCC)CC3)cc2)cc1.CCCCCc1ccc(C2CCC(CCCCC)CC2)cc1. The number of hydrogen-bond acceptors (Lipinski definition) is 1. The van der Waals surface area contributed by atoms with Gasteiger partial charge in [0.2, 0.25) is 0 Å². The molecule has 2 fully saturated rings. The van der Waals surface area contributed by atoms with Crippen molar-refractivity contribution in [3.8, 4) is 28.3 Å². The van der Waals surface area contributed by atoms with Crippen molar-refractivity contribution in [3.05, 3.63) is 155 Å². The van der Waals surface area contributed by atoms with Crippen LogP contribution in [0.25, 0.3) is 22.3 Å². The second-order valence-electron chi connectivity index (χ2n) is 21.2. The van der Waals surface area contributed by atoms with Crippen molar-refractivity contribution in [2.24, 2.45) is 11.8 Å².